The van der Waals surface area contributed by atoms with Crippen LogP contribution in [0.15, 0.2) is 170 Å². The van der Waals surface area contributed by atoms with Gasteiger partial charge in [-0.15, -0.1) is 0 Å². The normalized spacial score (nSPS) is 14.7. The Morgan fingerprint density at radius 3 is 0.802 bits per heavy atom. The van der Waals surface area contributed by atoms with E-state index in [9.17, 15) is 43.2 Å². The number of hydrogen-bond donors (Lipinski definition) is 3. The van der Waals surface area contributed by atoms with Crippen molar-refractivity contribution in [2.75, 3.05) is 39.6 Å². The van der Waals surface area contributed by atoms with Gasteiger partial charge in [-0.25, -0.2) is 9.13 Å². The Kier molecular flexibility index (Phi) is 73.5. The summed E-state index contributed by atoms with van der Waals surface area (Å²) in [5.41, 5.74) is 0. The second-order valence-electron chi connectivity index (χ2n) is 26.2. The first-order chi connectivity index (χ1) is 51.7. The molecular formula is C87H142O17P2. The molecule has 0 bridgehead atoms. The van der Waals surface area contributed by atoms with Crippen molar-refractivity contribution in [3.05, 3.63) is 170 Å². The molecule has 602 valence electrons. The minimum atomic E-state index is -5.00. The van der Waals surface area contributed by atoms with Crippen molar-refractivity contribution >= 4 is 39.5 Å². The number of ether oxygens (including phenoxy) is 4. The van der Waals surface area contributed by atoms with Crippen molar-refractivity contribution in [3.63, 3.8) is 0 Å². The smallest absolute Gasteiger partial charge is 0.462 e. The molecule has 0 rings (SSSR count). The zero-order valence-corrected chi connectivity index (χ0v) is 67.6. The fourth-order valence-electron chi connectivity index (χ4n) is 10.2. The molecule has 0 spiro atoms. The monoisotopic (exact) mass is 1520 g/mol. The highest BCUT2D eigenvalue weighted by atomic mass is 31.2. The number of esters is 4. The summed E-state index contributed by atoms with van der Waals surface area (Å²) in [6, 6.07) is 0. The predicted octanol–water partition coefficient (Wildman–Crippen LogP) is 23.8. The van der Waals surface area contributed by atoms with Gasteiger partial charge in [-0.05, 0) is 148 Å². The van der Waals surface area contributed by atoms with Crippen LogP contribution < -0.4 is 0 Å². The van der Waals surface area contributed by atoms with Gasteiger partial charge in [-0.1, -0.05) is 294 Å². The highest BCUT2D eigenvalue weighted by molar-refractivity contribution is 7.47. The maximum atomic E-state index is 13.1. The maximum absolute atomic E-state index is 13.1. The molecule has 3 N–H and O–H groups in total. The second-order valence-corrected chi connectivity index (χ2v) is 29.1. The van der Waals surface area contributed by atoms with Crippen LogP contribution in [0.1, 0.15) is 297 Å². The van der Waals surface area contributed by atoms with Gasteiger partial charge in [0.15, 0.2) is 12.2 Å². The number of phosphoric acid groups is 2. The fraction of sp³-hybridized carbons (Fsp3) is 0.632. The molecule has 0 aliphatic carbocycles. The van der Waals surface area contributed by atoms with Gasteiger partial charge in [0.25, 0.3) is 0 Å². The first kappa shape index (κ1) is 100. The summed E-state index contributed by atoms with van der Waals surface area (Å²) in [6.45, 7) is 4.40. The van der Waals surface area contributed by atoms with E-state index in [2.05, 4.69) is 186 Å². The van der Waals surface area contributed by atoms with Crippen molar-refractivity contribution in [1.29, 1.82) is 0 Å². The topological polar surface area (TPSA) is 237 Å². The molecular weight excluding hydrogens is 1380 g/mol. The van der Waals surface area contributed by atoms with Crippen LogP contribution in [0.4, 0.5) is 0 Å². The molecule has 0 aromatic carbocycles. The Morgan fingerprint density at radius 1 is 0.274 bits per heavy atom. The van der Waals surface area contributed by atoms with E-state index in [1.165, 1.54) is 38.5 Å². The van der Waals surface area contributed by atoms with E-state index in [0.29, 0.717) is 32.1 Å². The molecule has 0 aliphatic heterocycles. The van der Waals surface area contributed by atoms with Crippen LogP contribution in [0, 0.1) is 0 Å². The number of allylic oxidation sites excluding steroid dienone is 28. The maximum Gasteiger partial charge on any atom is 0.472 e. The SMILES string of the molecule is CC/C=C\C/C=C\C/C=C\C/C=C\C/C=C\CCCCCC(=O)OCC(COP(=O)(O)OCC(O)COP(=O)(O)OCC(COC(=O)CCC/C=C\C/C=C\C/C=C\C/C=C\C/C=C\CC)OC(=O)CCCCCCCCCCCCC)OC(=O)CCCCCCCC/C=C\C/C=C\C/C=C\C/C=C\CC. The van der Waals surface area contributed by atoms with Gasteiger partial charge >= 0.3 is 39.5 Å². The van der Waals surface area contributed by atoms with Gasteiger partial charge in [0, 0.05) is 25.7 Å². The lowest BCUT2D eigenvalue weighted by Crippen LogP contribution is -2.30. The van der Waals surface area contributed by atoms with Gasteiger partial charge in [0.05, 0.1) is 26.4 Å². The summed E-state index contributed by atoms with van der Waals surface area (Å²) < 4.78 is 68.5. The number of aliphatic hydroxyl groups excluding tert-OH is 1. The average Bonchev–Trinajstić information content (AvgIpc) is 0.901. The molecule has 0 radical (unpaired) electrons. The van der Waals surface area contributed by atoms with Crippen LogP contribution in [0.3, 0.4) is 0 Å². The first-order valence-electron chi connectivity index (χ1n) is 40.4. The first-order valence-corrected chi connectivity index (χ1v) is 43.4. The summed E-state index contributed by atoms with van der Waals surface area (Å²) >= 11 is 0. The van der Waals surface area contributed by atoms with Crippen LogP contribution >= 0.6 is 15.6 Å². The summed E-state index contributed by atoms with van der Waals surface area (Å²) in [5, 5.41) is 10.6. The molecule has 19 heteroatoms. The van der Waals surface area contributed by atoms with Crippen molar-refractivity contribution in [2.24, 2.45) is 0 Å². The average molecular weight is 1520 g/mol. The third kappa shape index (κ3) is 76.6. The van der Waals surface area contributed by atoms with Gasteiger partial charge in [-0.2, -0.15) is 0 Å². The van der Waals surface area contributed by atoms with Crippen LogP contribution in [0.2, 0.25) is 0 Å². The molecule has 17 nitrogen and oxygen atoms in total. The molecule has 5 unspecified atom stereocenters. The number of aliphatic hydroxyl groups is 1. The van der Waals surface area contributed by atoms with Crippen molar-refractivity contribution in [2.45, 2.75) is 316 Å². The molecule has 0 amide bonds. The van der Waals surface area contributed by atoms with Crippen LogP contribution in [0.25, 0.3) is 0 Å². The fourth-order valence-corrected chi connectivity index (χ4v) is 11.7. The number of carbonyl (C=O) groups excluding carboxylic acids is 4. The number of unbranched alkanes of at least 4 members (excludes halogenated alkanes) is 20. The van der Waals surface area contributed by atoms with Crippen LogP contribution in [-0.4, -0.2) is 96.7 Å². The zero-order chi connectivity index (χ0) is 77.4. The minimum Gasteiger partial charge on any atom is -0.462 e. The van der Waals surface area contributed by atoms with Crippen LogP contribution in [0.5, 0.6) is 0 Å². The molecule has 0 saturated carbocycles. The van der Waals surface area contributed by atoms with E-state index in [0.717, 1.165) is 173 Å². The molecule has 5 atom stereocenters. The van der Waals surface area contributed by atoms with E-state index >= 15 is 0 Å². The third-order valence-electron chi connectivity index (χ3n) is 16.2. The van der Waals surface area contributed by atoms with Crippen molar-refractivity contribution < 1.29 is 80.2 Å². The van der Waals surface area contributed by atoms with Gasteiger partial charge in [0.2, 0.25) is 0 Å². The quantitative estimate of drug-likeness (QED) is 0.0169. The lowest BCUT2D eigenvalue weighted by atomic mass is 10.1. The lowest BCUT2D eigenvalue weighted by molar-refractivity contribution is -0.161. The van der Waals surface area contributed by atoms with E-state index in [1.54, 1.807) is 0 Å². The number of carbonyl (C=O) groups is 4. The number of phosphoric ester groups is 2. The Hall–Kier alpha value is -5.58. The zero-order valence-electron chi connectivity index (χ0n) is 65.8. The molecule has 0 aliphatic rings. The predicted molar refractivity (Wildman–Crippen MR) is 436 cm³/mol. The Balaban J connectivity index is 5.44. The number of hydrogen-bond acceptors (Lipinski definition) is 15. The van der Waals surface area contributed by atoms with Gasteiger partial charge < -0.3 is 33.8 Å². The third-order valence-corrected chi connectivity index (χ3v) is 18.1. The summed E-state index contributed by atoms with van der Waals surface area (Å²) in [4.78, 5) is 73.0. The van der Waals surface area contributed by atoms with E-state index in [1.807, 2.05) is 12.2 Å². The Morgan fingerprint density at radius 2 is 0.500 bits per heavy atom. The van der Waals surface area contributed by atoms with E-state index in [4.69, 9.17) is 37.0 Å². The van der Waals surface area contributed by atoms with Crippen molar-refractivity contribution in [3.8, 4) is 0 Å². The largest absolute Gasteiger partial charge is 0.472 e. The molecule has 0 aromatic rings. The highest BCUT2D eigenvalue weighted by Crippen LogP contribution is 2.45. The van der Waals surface area contributed by atoms with Gasteiger partial charge in [-0.3, -0.25) is 37.3 Å². The molecule has 0 heterocycles. The lowest BCUT2D eigenvalue weighted by Gasteiger charge is -2.21. The van der Waals surface area contributed by atoms with Gasteiger partial charge in [0.1, 0.15) is 19.3 Å². The number of rotatable bonds is 74. The second kappa shape index (κ2) is 77.6. The summed E-state index contributed by atoms with van der Waals surface area (Å²) in [7, 11) is -10.00. The Bertz CT molecular complexity index is 2680. The minimum absolute atomic E-state index is 0.0639. The van der Waals surface area contributed by atoms with Crippen molar-refractivity contribution in [1.82, 2.24) is 0 Å². The molecule has 0 saturated heterocycles. The van der Waals surface area contributed by atoms with E-state index < -0.39 is 97.5 Å². The molecule has 0 fully saturated rings. The standard InChI is InChI=1S/C87H142O17P2/c1-5-9-13-17-21-25-29-32-35-38-40-43-46-49-53-56-60-64-68-72-85(90)98-78-83(104-87(92)74-70-66-62-58-54-50-47-44-41-39-36-33-30-26-22-18-14-10-6-2)80-102-106(95,96)100-76-81(88)75-99-105(93,94)101-79-82(103-86(91)73-69-65-61-57-51-28-24-20-16-12-8-4)77-97-84(89)71-67-63-59-55-52-48-45-42-37-34-31-27-23-19-15-11-7-3/h9-11,13-15,21-23,25-27,32-37,40-41,43-45,48-49,53,55,59,81-83,88H,5-8,12,16-20,24,28-31,38-39,42,46-47,50-52,54,56-58,60-80H2,1-4H3,(H,93,94)(H,95,96)/b13-9-,14-10-,15-11-,25-21-,26-22-,27-23-,35-32-,36-33-,37-34-,43-40-,44-41-,48-45-,53-49-,59-55-. The van der Waals surface area contributed by atoms with E-state index in [-0.39, 0.29) is 25.7 Å². The summed E-state index contributed by atoms with van der Waals surface area (Å²) in [6.07, 6.45) is 92.0. The Labute approximate surface area is 642 Å². The van der Waals surface area contributed by atoms with Crippen LogP contribution in [-0.2, 0) is 65.4 Å². The summed E-state index contributed by atoms with van der Waals surface area (Å²) in [5.74, 6) is -2.30. The molecule has 0 aromatic heterocycles. The molecule has 106 heavy (non-hydrogen) atoms. The highest BCUT2D eigenvalue weighted by Gasteiger charge is 2.30.